The number of hydrogen-bond acceptors (Lipinski definition) is 3. The maximum atomic E-state index is 13.3. The molecule has 0 bridgehead atoms. The van der Waals surface area contributed by atoms with E-state index < -0.39 is 6.04 Å². The van der Waals surface area contributed by atoms with Gasteiger partial charge in [0.15, 0.2) is 0 Å². The minimum atomic E-state index is -0.644. The van der Waals surface area contributed by atoms with Crippen LogP contribution in [0.2, 0.25) is 20.1 Å². The minimum absolute atomic E-state index is 0.153. The number of hydrogen-bond donors (Lipinski definition) is 1. The van der Waals surface area contributed by atoms with Crippen molar-refractivity contribution in [3.8, 4) is 0 Å². The number of benzene rings is 2. The molecule has 0 aromatic heterocycles. The molecular weight excluding hydrogens is 522 g/mol. The van der Waals surface area contributed by atoms with Gasteiger partial charge >= 0.3 is 0 Å². The van der Waals surface area contributed by atoms with Gasteiger partial charge in [0.1, 0.15) is 6.04 Å². The van der Waals surface area contributed by atoms with Crippen molar-refractivity contribution in [3.05, 3.63) is 67.6 Å². The Labute approximate surface area is 219 Å². The van der Waals surface area contributed by atoms with E-state index in [2.05, 4.69) is 5.32 Å². The maximum Gasteiger partial charge on any atom is 0.242 e. The summed E-state index contributed by atoms with van der Waals surface area (Å²) < 4.78 is 0. The molecule has 0 saturated heterocycles. The van der Waals surface area contributed by atoms with E-state index in [9.17, 15) is 9.59 Å². The number of nitrogens with zero attached hydrogens (tertiary/aromatic N) is 1. The first kappa shape index (κ1) is 26.5. The van der Waals surface area contributed by atoms with Crippen molar-refractivity contribution in [2.24, 2.45) is 0 Å². The van der Waals surface area contributed by atoms with Crippen molar-refractivity contribution >= 4 is 70.0 Å². The Morgan fingerprint density at radius 2 is 1.73 bits per heavy atom. The van der Waals surface area contributed by atoms with Crippen LogP contribution in [0.1, 0.15) is 43.7 Å². The van der Waals surface area contributed by atoms with E-state index in [4.69, 9.17) is 46.4 Å². The Kier molecular flexibility index (Phi) is 10.1. The molecule has 33 heavy (non-hydrogen) atoms. The van der Waals surface area contributed by atoms with Gasteiger partial charge in [-0.25, -0.2) is 0 Å². The van der Waals surface area contributed by atoms with Crippen LogP contribution in [0.4, 0.5) is 0 Å². The first-order chi connectivity index (χ1) is 15.8. The van der Waals surface area contributed by atoms with Crippen molar-refractivity contribution < 1.29 is 9.59 Å². The van der Waals surface area contributed by atoms with Gasteiger partial charge in [-0.05, 0) is 55.2 Å². The SMILES string of the molecule is C[C@@H](C(=O)NC1CCCC1)N(Cc1ccc(Cl)cc1Cl)C(=O)CSCc1c(Cl)cccc1Cl. The predicted octanol–water partition coefficient (Wildman–Crippen LogP) is 7.01. The Balaban J connectivity index is 1.71. The molecule has 178 valence electrons. The minimum Gasteiger partial charge on any atom is -0.352 e. The fraction of sp³-hybridized carbons (Fsp3) is 0.417. The van der Waals surface area contributed by atoms with E-state index in [0.717, 1.165) is 36.8 Å². The summed E-state index contributed by atoms with van der Waals surface area (Å²) in [4.78, 5) is 27.8. The molecule has 1 atom stereocenters. The number of rotatable bonds is 9. The highest BCUT2D eigenvalue weighted by Gasteiger charge is 2.29. The van der Waals surface area contributed by atoms with Crippen molar-refractivity contribution in [1.29, 1.82) is 0 Å². The van der Waals surface area contributed by atoms with E-state index in [-0.39, 0.29) is 30.2 Å². The van der Waals surface area contributed by atoms with Crippen LogP contribution in [-0.2, 0) is 21.9 Å². The number of carbonyl (C=O) groups excluding carboxylic acids is 2. The van der Waals surface area contributed by atoms with Gasteiger partial charge in [0.2, 0.25) is 11.8 Å². The topological polar surface area (TPSA) is 49.4 Å². The summed E-state index contributed by atoms with van der Waals surface area (Å²) in [6.07, 6.45) is 4.18. The second-order valence-corrected chi connectivity index (χ2v) is 10.8. The van der Waals surface area contributed by atoms with Gasteiger partial charge in [0.25, 0.3) is 0 Å². The van der Waals surface area contributed by atoms with E-state index in [0.29, 0.717) is 25.8 Å². The van der Waals surface area contributed by atoms with Gasteiger partial charge in [0.05, 0.1) is 5.75 Å². The van der Waals surface area contributed by atoms with Crippen molar-refractivity contribution in [1.82, 2.24) is 10.2 Å². The summed E-state index contributed by atoms with van der Waals surface area (Å²) >= 11 is 26.3. The first-order valence-corrected chi connectivity index (χ1v) is 13.5. The molecule has 1 fully saturated rings. The van der Waals surface area contributed by atoms with Crippen LogP contribution in [0.3, 0.4) is 0 Å². The molecule has 1 saturated carbocycles. The molecular formula is C24H26Cl4N2O2S. The zero-order chi connectivity index (χ0) is 24.0. The van der Waals surface area contributed by atoms with Gasteiger partial charge < -0.3 is 10.2 Å². The molecule has 1 N–H and O–H groups in total. The van der Waals surface area contributed by atoms with Crippen LogP contribution >= 0.6 is 58.2 Å². The van der Waals surface area contributed by atoms with Crippen LogP contribution in [0.5, 0.6) is 0 Å². The normalized spacial score (nSPS) is 14.8. The third-order valence-electron chi connectivity index (χ3n) is 5.76. The van der Waals surface area contributed by atoms with Crippen LogP contribution in [-0.4, -0.2) is 34.6 Å². The van der Waals surface area contributed by atoms with Gasteiger partial charge in [-0.3, -0.25) is 9.59 Å². The predicted molar refractivity (Wildman–Crippen MR) is 139 cm³/mol. The number of amides is 2. The summed E-state index contributed by atoms with van der Waals surface area (Å²) in [5.41, 5.74) is 1.52. The first-order valence-electron chi connectivity index (χ1n) is 10.8. The number of carbonyl (C=O) groups is 2. The highest BCUT2D eigenvalue weighted by atomic mass is 35.5. The lowest BCUT2D eigenvalue weighted by molar-refractivity contribution is -0.138. The molecule has 0 aliphatic heterocycles. The van der Waals surface area contributed by atoms with Crippen LogP contribution < -0.4 is 5.32 Å². The molecule has 0 heterocycles. The lowest BCUT2D eigenvalue weighted by Crippen LogP contribution is -2.50. The lowest BCUT2D eigenvalue weighted by Gasteiger charge is -2.30. The summed E-state index contributed by atoms with van der Waals surface area (Å²) in [5, 5.41) is 5.20. The number of thioether (sulfide) groups is 1. The van der Waals surface area contributed by atoms with Crippen molar-refractivity contribution in [2.75, 3.05) is 5.75 Å². The molecule has 4 nitrogen and oxygen atoms in total. The fourth-order valence-electron chi connectivity index (χ4n) is 3.80. The number of nitrogens with one attached hydrogen (secondary N) is 1. The average molecular weight is 548 g/mol. The third kappa shape index (κ3) is 7.43. The van der Waals surface area contributed by atoms with E-state index in [1.54, 1.807) is 48.2 Å². The fourth-order valence-corrected chi connectivity index (χ4v) is 5.92. The van der Waals surface area contributed by atoms with E-state index >= 15 is 0 Å². The molecule has 0 spiro atoms. The van der Waals surface area contributed by atoms with Gasteiger partial charge in [0, 0.05) is 38.4 Å². The molecule has 3 rings (SSSR count). The van der Waals surface area contributed by atoms with E-state index in [1.807, 2.05) is 0 Å². The van der Waals surface area contributed by atoms with Crippen molar-refractivity contribution in [3.63, 3.8) is 0 Å². The quantitative estimate of drug-likeness (QED) is 0.367. The van der Waals surface area contributed by atoms with Crippen LogP contribution in [0.15, 0.2) is 36.4 Å². The largest absolute Gasteiger partial charge is 0.352 e. The summed E-state index contributed by atoms with van der Waals surface area (Å²) in [6.45, 7) is 1.96. The summed E-state index contributed by atoms with van der Waals surface area (Å²) in [5.74, 6) is 0.346. The second kappa shape index (κ2) is 12.6. The molecule has 0 radical (unpaired) electrons. The molecule has 2 aromatic rings. The second-order valence-electron chi connectivity index (χ2n) is 8.12. The number of halogens is 4. The summed E-state index contributed by atoms with van der Waals surface area (Å²) in [6, 6.07) is 10.0. The van der Waals surface area contributed by atoms with Gasteiger partial charge in [-0.15, -0.1) is 11.8 Å². The Bertz CT molecular complexity index is 978. The van der Waals surface area contributed by atoms with Gasteiger partial charge in [-0.1, -0.05) is 71.4 Å². The molecule has 2 amide bonds. The highest BCUT2D eigenvalue weighted by Crippen LogP contribution is 2.29. The molecule has 9 heteroatoms. The van der Waals surface area contributed by atoms with Gasteiger partial charge in [-0.2, -0.15) is 0 Å². The zero-order valence-corrected chi connectivity index (χ0v) is 22.1. The monoisotopic (exact) mass is 546 g/mol. The molecule has 1 aliphatic carbocycles. The Morgan fingerprint density at radius 1 is 1.06 bits per heavy atom. The van der Waals surface area contributed by atoms with Crippen LogP contribution in [0, 0.1) is 0 Å². The van der Waals surface area contributed by atoms with Crippen molar-refractivity contribution in [2.45, 2.75) is 57.0 Å². The van der Waals surface area contributed by atoms with Crippen LogP contribution in [0.25, 0.3) is 0 Å². The Hall–Kier alpha value is -1.11. The van der Waals surface area contributed by atoms with E-state index in [1.165, 1.54) is 11.8 Å². The maximum absolute atomic E-state index is 13.3. The molecule has 0 unspecified atom stereocenters. The third-order valence-corrected chi connectivity index (χ3v) is 8.00. The highest BCUT2D eigenvalue weighted by molar-refractivity contribution is 7.99. The molecule has 1 aliphatic rings. The molecule has 2 aromatic carbocycles. The Morgan fingerprint density at radius 3 is 2.36 bits per heavy atom. The smallest absolute Gasteiger partial charge is 0.242 e. The average Bonchev–Trinajstić information content (AvgIpc) is 3.27. The lowest BCUT2D eigenvalue weighted by atomic mass is 10.1. The summed E-state index contributed by atoms with van der Waals surface area (Å²) in [7, 11) is 0. The standard InChI is InChI=1S/C24H26Cl4N2O2S/c1-15(24(32)29-18-5-2-3-6-18)30(12-16-9-10-17(25)11-22(16)28)23(31)14-33-13-19-20(26)7-4-8-21(19)27/h4,7-11,15,18H,2-3,5-6,12-14H2,1H3,(H,29,32)/t15-/m0/s1. The zero-order valence-electron chi connectivity index (χ0n) is 18.3.